The largest absolute Gasteiger partial charge is 0.497 e. The number of benzene rings is 2. The SMILES string of the molecule is COc1ccc(Cn2nc(-c3nc(N4CCOCC4)ccc3C(N)=O)cc2-c2nc3ccccc3[nH]2)cc1. The molecule has 0 saturated carbocycles. The van der Waals surface area contributed by atoms with Crippen molar-refractivity contribution in [2.75, 3.05) is 38.3 Å². The standard InChI is InChI=1S/C28H27N7O3/c1-37-19-8-6-18(7-9-19)17-35-24(28-30-21-4-2-3-5-22(21)31-28)16-23(33-35)26-20(27(29)36)10-11-25(32-26)34-12-14-38-15-13-34/h2-11,16H,12-15,17H2,1H3,(H2,29,36)(H,30,31). The maximum Gasteiger partial charge on any atom is 0.250 e. The number of H-pyrrole nitrogens is 1. The molecule has 10 heteroatoms. The van der Waals surface area contributed by atoms with Gasteiger partial charge in [0.25, 0.3) is 5.91 Å². The Morgan fingerprint density at radius 2 is 1.84 bits per heavy atom. The highest BCUT2D eigenvalue weighted by Crippen LogP contribution is 2.30. The number of ether oxygens (including phenoxy) is 2. The number of aromatic nitrogens is 5. The quantitative estimate of drug-likeness (QED) is 0.344. The second-order valence-corrected chi connectivity index (χ2v) is 9.05. The number of carbonyl (C=O) groups excluding carboxylic acids is 1. The number of primary amides is 1. The molecular weight excluding hydrogens is 482 g/mol. The van der Waals surface area contributed by atoms with Gasteiger partial charge < -0.3 is 25.1 Å². The molecule has 0 radical (unpaired) electrons. The van der Waals surface area contributed by atoms with Gasteiger partial charge in [-0.2, -0.15) is 5.10 Å². The Hall–Kier alpha value is -4.70. The molecule has 3 N–H and O–H groups in total. The van der Waals surface area contributed by atoms with Crippen LogP contribution in [0.25, 0.3) is 33.9 Å². The van der Waals surface area contributed by atoms with Crippen molar-refractivity contribution in [3.63, 3.8) is 0 Å². The lowest BCUT2D eigenvalue weighted by Gasteiger charge is -2.28. The van der Waals surface area contributed by atoms with Gasteiger partial charge >= 0.3 is 0 Å². The van der Waals surface area contributed by atoms with Gasteiger partial charge in [0.1, 0.15) is 28.6 Å². The molecule has 1 fully saturated rings. The number of hydrogen-bond acceptors (Lipinski definition) is 7. The zero-order chi connectivity index (χ0) is 26.1. The Bertz CT molecular complexity index is 1570. The number of imidazole rings is 1. The molecule has 1 aliphatic rings. The molecule has 4 heterocycles. The summed E-state index contributed by atoms with van der Waals surface area (Å²) >= 11 is 0. The van der Waals surface area contributed by atoms with Crippen molar-refractivity contribution in [1.82, 2.24) is 24.7 Å². The number of pyridine rings is 1. The second kappa shape index (κ2) is 9.98. The summed E-state index contributed by atoms with van der Waals surface area (Å²) < 4.78 is 12.7. The van der Waals surface area contributed by atoms with Crippen LogP contribution >= 0.6 is 0 Å². The van der Waals surface area contributed by atoms with E-state index in [9.17, 15) is 4.79 Å². The first-order valence-corrected chi connectivity index (χ1v) is 12.4. The van der Waals surface area contributed by atoms with E-state index >= 15 is 0 Å². The summed E-state index contributed by atoms with van der Waals surface area (Å²) in [5.41, 5.74) is 10.6. The summed E-state index contributed by atoms with van der Waals surface area (Å²) in [6, 6.07) is 21.1. The first-order valence-electron chi connectivity index (χ1n) is 12.4. The number of para-hydroxylation sites is 2. The van der Waals surface area contributed by atoms with Crippen molar-refractivity contribution in [1.29, 1.82) is 0 Å². The van der Waals surface area contributed by atoms with Crippen LogP contribution in [0, 0.1) is 0 Å². The molecule has 0 spiro atoms. The summed E-state index contributed by atoms with van der Waals surface area (Å²) in [5, 5.41) is 4.91. The maximum absolute atomic E-state index is 12.4. The van der Waals surface area contributed by atoms with Crippen LogP contribution in [0.5, 0.6) is 5.75 Å². The summed E-state index contributed by atoms with van der Waals surface area (Å²) in [7, 11) is 1.64. The van der Waals surface area contributed by atoms with Gasteiger partial charge in [-0.05, 0) is 48.0 Å². The predicted octanol–water partition coefficient (Wildman–Crippen LogP) is 3.48. The number of fused-ring (bicyclic) bond motifs is 1. The third-order valence-corrected chi connectivity index (χ3v) is 6.63. The maximum atomic E-state index is 12.4. The van der Waals surface area contributed by atoms with E-state index in [2.05, 4.69) is 9.88 Å². The highest BCUT2D eigenvalue weighted by atomic mass is 16.5. The summed E-state index contributed by atoms with van der Waals surface area (Å²) in [5.74, 6) is 1.64. The van der Waals surface area contributed by atoms with E-state index in [4.69, 9.17) is 30.3 Å². The van der Waals surface area contributed by atoms with Crippen LogP contribution in [0.2, 0.25) is 0 Å². The molecule has 0 aliphatic carbocycles. The fraction of sp³-hybridized carbons (Fsp3) is 0.214. The van der Waals surface area contributed by atoms with E-state index in [1.165, 1.54) is 0 Å². The number of methoxy groups -OCH3 is 1. The molecule has 0 unspecified atom stereocenters. The molecule has 2 aromatic carbocycles. The van der Waals surface area contributed by atoms with Crippen molar-refractivity contribution < 1.29 is 14.3 Å². The number of hydrogen-bond donors (Lipinski definition) is 2. The summed E-state index contributed by atoms with van der Waals surface area (Å²) in [4.78, 5) is 27.6. The zero-order valence-electron chi connectivity index (χ0n) is 20.9. The van der Waals surface area contributed by atoms with Crippen molar-refractivity contribution in [2.24, 2.45) is 5.73 Å². The highest BCUT2D eigenvalue weighted by molar-refractivity contribution is 5.99. The Labute approximate surface area is 219 Å². The average molecular weight is 510 g/mol. The summed E-state index contributed by atoms with van der Waals surface area (Å²) in [6.45, 7) is 3.17. The normalized spacial score (nSPS) is 13.7. The Morgan fingerprint density at radius 3 is 2.58 bits per heavy atom. The van der Waals surface area contributed by atoms with Crippen LogP contribution in [0.15, 0.2) is 66.7 Å². The van der Waals surface area contributed by atoms with Crippen molar-refractivity contribution in [3.8, 4) is 28.7 Å². The van der Waals surface area contributed by atoms with Gasteiger partial charge in [0.05, 0.1) is 43.5 Å². The minimum Gasteiger partial charge on any atom is -0.497 e. The molecule has 1 amide bonds. The fourth-order valence-electron chi connectivity index (χ4n) is 4.63. The van der Waals surface area contributed by atoms with Gasteiger partial charge in [-0.25, -0.2) is 9.97 Å². The van der Waals surface area contributed by atoms with E-state index < -0.39 is 5.91 Å². The lowest BCUT2D eigenvalue weighted by Crippen LogP contribution is -2.36. The molecule has 192 valence electrons. The molecule has 3 aromatic heterocycles. The number of amides is 1. The topological polar surface area (TPSA) is 124 Å². The number of carbonyl (C=O) groups is 1. The minimum absolute atomic E-state index is 0.312. The van der Waals surface area contributed by atoms with Gasteiger partial charge in [-0.3, -0.25) is 9.48 Å². The monoisotopic (exact) mass is 509 g/mol. The Kier molecular flexibility index (Phi) is 6.22. The molecule has 6 rings (SSSR count). The highest BCUT2D eigenvalue weighted by Gasteiger charge is 2.22. The lowest BCUT2D eigenvalue weighted by molar-refractivity contribution is 0.100. The van der Waals surface area contributed by atoms with Gasteiger partial charge in [-0.15, -0.1) is 0 Å². The molecule has 0 atom stereocenters. The Balaban J connectivity index is 1.47. The molecule has 0 bridgehead atoms. The van der Waals surface area contributed by atoms with Gasteiger partial charge in [0.2, 0.25) is 0 Å². The number of rotatable bonds is 7. The van der Waals surface area contributed by atoms with Crippen molar-refractivity contribution in [2.45, 2.75) is 6.54 Å². The smallest absolute Gasteiger partial charge is 0.250 e. The summed E-state index contributed by atoms with van der Waals surface area (Å²) in [6.07, 6.45) is 0. The van der Waals surface area contributed by atoms with E-state index in [-0.39, 0.29) is 0 Å². The number of morpholine rings is 1. The van der Waals surface area contributed by atoms with Gasteiger partial charge in [0, 0.05) is 13.1 Å². The van der Waals surface area contributed by atoms with Crippen molar-refractivity contribution >= 4 is 22.8 Å². The number of anilines is 1. The van der Waals surface area contributed by atoms with E-state index in [1.54, 1.807) is 13.2 Å². The number of nitrogens with zero attached hydrogens (tertiary/aromatic N) is 5. The van der Waals surface area contributed by atoms with Crippen LogP contribution in [-0.2, 0) is 11.3 Å². The van der Waals surface area contributed by atoms with E-state index in [1.807, 2.05) is 65.3 Å². The average Bonchev–Trinajstić information content (AvgIpc) is 3.58. The first kappa shape index (κ1) is 23.7. The Morgan fingerprint density at radius 1 is 1.05 bits per heavy atom. The number of nitrogens with one attached hydrogen (secondary N) is 1. The molecule has 1 aliphatic heterocycles. The van der Waals surface area contributed by atoms with Crippen LogP contribution in [-0.4, -0.2) is 64.1 Å². The molecular formula is C28H27N7O3. The molecule has 1 saturated heterocycles. The molecule has 38 heavy (non-hydrogen) atoms. The van der Waals surface area contributed by atoms with Gasteiger partial charge in [0.15, 0.2) is 5.82 Å². The van der Waals surface area contributed by atoms with E-state index in [0.29, 0.717) is 42.5 Å². The zero-order valence-corrected chi connectivity index (χ0v) is 20.9. The van der Waals surface area contributed by atoms with Crippen LogP contribution < -0.4 is 15.4 Å². The fourth-order valence-corrected chi connectivity index (χ4v) is 4.63. The predicted molar refractivity (Wildman–Crippen MR) is 144 cm³/mol. The van der Waals surface area contributed by atoms with Crippen LogP contribution in [0.1, 0.15) is 15.9 Å². The third kappa shape index (κ3) is 4.57. The molecule has 10 nitrogen and oxygen atoms in total. The second-order valence-electron chi connectivity index (χ2n) is 9.05. The third-order valence-electron chi connectivity index (χ3n) is 6.63. The minimum atomic E-state index is -0.559. The van der Waals surface area contributed by atoms with Crippen LogP contribution in [0.4, 0.5) is 5.82 Å². The molecule has 5 aromatic rings. The van der Waals surface area contributed by atoms with Crippen molar-refractivity contribution in [3.05, 3.63) is 77.9 Å². The number of nitrogens with two attached hydrogens (primary N) is 1. The lowest BCUT2D eigenvalue weighted by atomic mass is 10.1. The van der Waals surface area contributed by atoms with E-state index in [0.717, 1.165) is 46.9 Å². The van der Waals surface area contributed by atoms with Crippen LogP contribution in [0.3, 0.4) is 0 Å². The van der Waals surface area contributed by atoms with Gasteiger partial charge in [-0.1, -0.05) is 24.3 Å². The number of aromatic amines is 1. The first-order chi connectivity index (χ1) is 18.6.